The highest BCUT2D eigenvalue weighted by molar-refractivity contribution is 5.74. The number of fused-ring (bicyclic) bond motifs is 1. The van der Waals surface area contributed by atoms with Gasteiger partial charge in [-0.15, -0.1) is 0 Å². The van der Waals surface area contributed by atoms with E-state index in [1.54, 1.807) is 19.3 Å². The fraction of sp³-hybridized carbons (Fsp3) is 0.500. The highest BCUT2D eigenvalue weighted by atomic mass is 16.2. The highest BCUT2D eigenvalue weighted by Crippen LogP contribution is 2.27. The van der Waals surface area contributed by atoms with E-state index in [0.717, 1.165) is 55.2 Å². The molecule has 0 saturated carbocycles. The molecule has 0 radical (unpaired) electrons. The number of amides is 1. The number of carbonyl (C=O) groups excluding carboxylic acids is 1. The third-order valence-electron chi connectivity index (χ3n) is 5.47. The fourth-order valence-electron chi connectivity index (χ4n) is 3.80. The first-order chi connectivity index (χ1) is 13.2. The number of piperidine rings is 1. The van der Waals surface area contributed by atoms with E-state index >= 15 is 0 Å². The minimum absolute atomic E-state index is 0.0916. The number of carbonyl (C=O) groups is 1. The highest BCUT2D eigenvalue weighted by Gasteiger charge is 2.24. The van der Waals surface area contributed by atoms with Crippen LogP contribution in [0.3, 0.4) is 0 Å². The Balaban J connectivity index is 1.63. The van der Waals surface area contributed by atoms with Crippen LogP contribution in [0.15, 0.2) is 24.5 Å². The average molecular weight is 366 g/mol. The molecule has 0 unspecified atom stereocenters. The van der Waals surface area contributed by atoms with Gasteiger partial charge in [0.25, 0.3) is 0 Å². The summed E-state index contributed by atoms with van der Waals surface area (Å²) in [5.41, 5.74) is 3.04. The lowest BCUT2D eigenvalue weighted by Crippen LogP contribution is -2.36. The SMILES string of the molecule is CC(=O)N1CCc2c(nc(-c3ccncc3)nc2NCC2CCNCC2)C1. The van der Waals surface area contributed by atoms with Crippen LogP contribution in [0, 0.1) is 5.92 Å². The van der Waals surface area contributed by atoms with Crippen LogP contribution in [0.4, 0.5) is 5.82 Å². The number of aromatic nitrogens is 3. The standard InChI is InChI=1S/C20H26N6O/c1-14(27)26-11-6-17-18(13-26)24-19(16-4-9-22-10-5-16)25-20(17)23-12-15-2-7-21-8-3-15/h4-5,9-10,15,21H,2-3,6-8,11-13H2,1H3,(H,23,24,25). The molecule has 4 rings (SSSR count). The molecule has 0 aliphatic carbocycles. The monoisotopic (exact) mass is 366 g/mol. The van der Waals surface area contributed by atoms with Crippen molar-refractivity contribution in [1.29, 1.82) is 0 Å². The second-order valence-electron chi connectivity index (χ2n) is 7.32. The largest absolute Gasteiger partial charge is 0.369 e. The van der Waals surface area contributed by atoms with Crippen molar-refractivity contribution < 1.29 is 4.79 Å². The maximum Gasteiger partial charge on any atom is 0.219 e. The van der Waals surface area contributed by atoms with Crippen molar-refractivity contribution in [2.45, 2.75) is 32.7 Å². The van der Waals surface area contributed by atoms with Crippen LogP contribution in [0.25, 0.3) is 11.4 Å². The first kappa shape index (κ1) is 17.9. The molecule has 7 heteroatoms. The number of anilines is 1. The van der Waals surface area contributed by atoms with Crippen LogP contribution in [0.1, 0.15) is 31.0 Å². The summed E-state index contributed by atoms with van der Waals surface area (Å²) < 4.78 is 0. The van der Waals surface area contributed by atoms with Gasteiger partial charge in [-0.3, -0.25) is 9.78 Å². The third kappa shape index (κ3) is 4.08. The summed E-state index contributed by atoms with van der Waals surface area (Å²) in [6.07, 6.45) is 6.68. The molecule has 0 bridgehead atoms. The molecule has 0 aromatic carbocycles. The lowest BCUT2D eigenvalue weighted by Gasteiger charge is -2.29. The van der Waals surface area contributed by atoms with E-state index in [0.29, 0.717) is 18.3 Å². The molecule has 0 atom stereocenters. The van der Waals surface area contributed by atoms with Crippen molar-refractivity contribution in [2.24, 2.45) is 5.92 Å². The maximum absolute atomic E-state index is 11.8. The lowest BCUT2D eigenvalue weighted by atomic mass is 9.98. The third-order valence-corrected chi connectivity index (χ3v) is 5.47. The zero-order valence-electron chi connectivity index (χ0n) is 15.7. The molecule has 27 heavy (non-hydrogen) atoms. The number of pyridine rings is 1. The molecule has 0 spiro atoms. The van der Waals surface area contributed by atoms with Gasteiger partial charge in [-0.1, -0.05) is 0 Å². The average Bonchev–Trinajstić information content (AvgIpc) is 2.72. The van der Waals surface area contributed by atoms with Gasteiger partial charge in [0.05, 0.1) is 12.2 Å². The topological polar surface area (TPSA) is 83.0 Å². The predicted molar refractivity (Wildman–Crippen MR) is 104 cm³/mol. The Labute approximate surface area is 159 Å². The fourth-order valence-corrected chi connectivity index (χ4v) is 3.80. The van der Waals surface area contributed by atoms with Crippen LogP contribution in [-0.2, 0) is 17.8 Å². The van der Waals surface area contributed by atoms with Gasteiger partial charge in [0.15, 0.2) is 5.82 Å². The molecule has 142 valence electrons. The quantitative estimate of drug-likeness (QED) is 0.859. The number of hydrogen-bond acceptors (Lipinski definition) is 6. The second-order valence-corrected chi connectivity index (χ2v) is 7.32. The minimum Gasteiger partial charge on any atom is -0.369 e. The molecule has 2 aromatic rings. The van der Waals surface area contributed by atoms with Crippen molar-refractivity contribution in [3.8, 4) is 11.4 Å². The van der Waals surface area contributed by atoms with Gasteiger partial charge < -0.3 is 15.5 Å². The molecule has 2 aliphatic heterocycles. The van der Waals surface area contributed by atoms with Gasteiger partial charge in [-0.05, 0) is 50.4 Å². The van der Waals surface area contributed by atoms with E-state index in [2.05, 4.69) is 15.6 Å². The minimum atomic E-state index is 0.0916. The summed E-state index contributed by atoms with van der Waals surface area (Å²) >= 11 is 0. The van der Waals surface area contributed by atoms with Crippen molar-refractivity contribution >= 4 is 11.7 Å². The summed E-state index contributed by atoms with van der Waals surface area (Å²) in [6, 6.07) is 3.84. The van der Waals surface area contributed by atoms with Gasteiger partial charge in [0, 0.05) is 43.5 Å². The second kappa shape index (κ2) is 8.00. The van der Waals surface area contributed by atoms with Gasteiger partial charge in [-0.2, -0.15) is 0 Å². The Morgan fingerprint density at radius 3 is 2.78 bits per heavy atom. The summed E-state index contributed by atoms with van der Waals surface area (Å²) in [5, 5.41) is 7.01. The zero-order valence-corrected chi connectivity index (χ0v) is 15.7. The first-order valence-electron chi connectivity index (χ1n) is 9.71. The van der Waals surface area contributed by atoms with Crippen LogP contribution < -0.4 is 10.6 Å². The maximum atomic E-state index is 11.8. The summed E-state index contributed by atoms with van der Waals surface area (Å²) in [6.45, 7) is 5.99. The molecule has 2 aliphatic rings. The van der Waals surface area contributed by atoms with Crippen molar-refractivity contribution in [3.63, 3.8) is 0 Å². The first-order valence-corrected chi connectivity index (χ1v) is 9.71. The summed E-state index contributed by atoms with van der Waals surface area (Å²) in [7, 11) is 0. The van der Waals surface area contributed by atoms with E-state index in [1.807, 2.05) is 17.0 Å². The van der Waals surface area contributed by atoms with E-state index in [-0.39, 0.29) is 5.91 Å². The normalized spacial score (nSPS) is 17.4. The van der Waals surface area contributed by atoms with Crippen LogP contribution in [0.2, 0.25) is 0 Å². The van der Waals surface area contributed by atoms with Gasteiger partial charge >= 0.3 is 0 Å². The molecule has 4 heterocycles. The molecular formula is C20H26N6O. The van der Waals surface area contributed by atoms with Crippen molar-refractivity contribution in [3.05, 3.63) is 35.8 Å². The van der Waals surface area contributed by atoms with E-state index in [1.165, 1.54) is 12.8 Å². The molecular weight excluding hydrogens is 340 g/mol. The molecule has 1 saturated heterocycles. The molecule has 1 amide bonds. The Kier molecular flexibility index (Phi) is 5.29. The van der Waals surface area contributed by atoms with E-state index in [9.17, 15) is 4.79 Å². The van der Waals surface area contributed by atoms with E-state index in [4.69, 9.17) is 9.97 Å². The summed E-state index contributed by atoms with van der Waals surface area (Å²) in [5.74, 6) is 2.37. The molecule has 7 nitrogen and oxygen atoms in total. The van der Waals surface area contributed by atoms with Crippen LogP contribution in [0.5, 0.6) is 0 Å². The zero-order chi connectivity index (χ0) is 18.6. The molecule has 1 fully saturated rings. The van der Waals surface area contributed by atoms with Crippen LogP contribution >= 0.6 is 0 Å². The van der Waals surface area contributed by atoms with Gasteiger partial charge in [0.1, 0.15) is 5.82 Å². The smallest absolute Gasteiger partial charge is 0.219 e. The lowest BCUT2D eigenvalue weighted by molar-refractivity contribution is -0.129. The Bertz CT molecular complexity index is 804. The number of rotatable bonds is 4. The number of nitrogens with one attached hydrogen (secondary N) is 2. The predicted octanol–water partition coefficient (Wildman–Crippen LogP) is 1.85. The summed E-state index contributed by atoms with van der Waals surface area (Å²) in [4.78, 5) is 27.4. The van der Waals surface area contributed by atoms with Crippen LogP contribution in [-0.4, -0.2) is 51.9 Å². The van der Waals surface area contributed by atoms with Gasteiger partial charge in [0.2, 0.25) is 5.91 Å². The number of nitrogens with zero attached hydrogens (tertiary/aromatic N) is 4. The Morgan fingerprint density at radius 1 is 1.26 bits per heavy atom. The van der Waals surface area contributed by atoms with Crippen molar-refractivity contribution in [1.82, 2.24) is 25.2 Å². The van der Waals surface area contributed by atoms with Crippen molar-refractivity contribution in [2.75, 3.05) is 31.5 Å². The van der Waals surface area contributed by atoms with Gasteiger partial charge in [-0.25, -0.2) is 9.97 Å². The number of hydrogen-bond donors (Lipinski definition) is 2. The molecule has 2 aromatic heterocycles. The Morgan fingerprint density at radius 2 is 2.04 bits per heavy atom. The Hall–Kier alpha value is -2.54. The molecule has 2 N–H and O–H groups in total. The van der Waals surface area contributed by atoms with E-state index < -0.39 is 0 Å².